The SMILES string of the molecule is Cc1ccc(-c2[nH]c3ncccc3c2SC2=NC=C(Cl)C=CC2)cc1.OCC(F)(F)F. The molecule has 0 spiro atoms. The Bertz CT molecular complexity index is 1140. The summed E-state index contributed by atoms with van der Waals surface area (Å²) in [6.45, 7) is 0.363. The van der Waals surface area contributed by atoms with Crippen LogP contribution in [0.5, 0.6) is 0 Å². The van der Waals surface area contributed by atoms with E-state index in [9.17, 15) is 13.2 Å². The molecule has 0 unspecified atom stereocenters. The molecule has 0 radical (unpaired) electrons. The van der Waals surface area contributed by atoms with Crippen molar-refractivity contribution in [1.82, 2.24) is 9.97 Å². The van der Waals surface area contributed by atoms with Gasteiger partial charge in [-0.2, -0.15) is 13.2 Å². The summed E-state index contributed by atoms with van der Waals surface area (Å²) in [5.74, 6) is 0. The highest BCUT2D eigenvalue weighted by Crippen LogP contribution is 2.38. The quantitative estimate of drug-likeness (QED) is 0.447. The molecule has 0 amide bonds. The van der Waals surface area contributed by atoms with E-state index in [1.165, 1.54) is 5.56 Å². The largest absolute Gasteiger partial charge is 0.411 e. The first-order valence-electron chi connectivity index (χ1n) is 9.25. The molecular weight excluding hydrogens is 447 g/mol. The number of allylic oxidation sites excluding steroid dienone is 3. The summed E-state index contributed by atoms with van der Waals surface area (Å²) in [7, 11) is 0. The molecule has 0 saturated carbocycles. The molecule has 2 N–H and O–H groups in total. The van der Waals surface area contributed by atoms with Crippen LogP contribution in [0.3, 0.4) is 0 Å². The summed E-state index contributed by atoms with van der Waals surface area (Å²) in [5, 5.41) is 10.0. The average molecular weight is 466 g/mol. The van der Waals surface area contributed by atoms with E-state index < -0.39 is 12.8 Å². The average Bonchev–Trinajstić information content (AvgIpc) is 2.97. The molecule has 1 aliphatic heterocycles. The number of nitrogens with one attached hydrogen (secondary N) is 1. The maximum Gasteiger partial charge on any atom is 0.411 e. The topological polar surface area (TPSA) is 61.3 Å². The second-order valence-corrected chi connectivity index (χ2v) is 8.13. The number of rotatable bonds is 2. The van der Waals surface area contributed by atoms with E-state index in [-0.39, 0.29) is 0 Å². The molecule has 162 valence electrons. The molecule has 0 fully saturated rings. The number of nitrogens with zero attached hydrogens (tertiary/aromatic N) is 2. The zero-order chi connectivity index (χ0) is 22.4. The number of hydrogen-bond acceptors (Lipinski definition) is 4. The van der Waals surface area contributed by atoms with Crippen molar-refractivity contribution in [3.63, 3.8) is 0 Å². The lowest BCUT2D eigenvalue weighted by molar-refractivity contribution is -0.159. The smallest absolute Gasteiger partial charge is 0.387 e. The highest BCUT2D eigenvalue weighted by Gasteiger charge is 2.24. The molecular formula is C22H19ClF3N3OS. The normalized spacial score (nSPS) is 13.9. The van der Waals surface area contributed by atoms with Gasteiger partial charge in [0.05, 0.1) is 15.8 Å². The Balaban J connectivity index is 0.000000401. The number of hydrogen-bond donors (Lipinski definition) is 2. The number of aliphatic imine (C=N–C) groups is 1. The lowest BCUT2D eigenvalue weighted by Gasteiger charge is -2.06. The molecule has 31 heavy (non-hydrogen) atoms. The molecule has 3 heterocycles. The van der Waals surface area contributed by atoms with E-state index in [1.807, 2.05) is 18.2 Å². The summed E-state index contributed by atoms with van der Waals surface area (Å²) >= 11 is 7.71. The minimum Gasteiger partial charge on any atom is -0.387 e. The Morgan fingerprint density at radius 3 is 2.58 bits per heavy atom. The van der Waals surface area contributed by atoms with Crippen molar-refractivity contribution in [2.24, 2.45) is 4.99 Å². The van der Waals surface area contributed by atoms with Crippen LogP contribution in [0.25, 0.3) is 22.3 Å². The number of aryl methyl sites for hydroxylation is 1. The number of halogens is 4. The number of H-pyrrole nitrogens is 1. The van der Waals surface area contributed by atoms with Crippen molar-refractivity contribution < 1.29 is 18.3 Å². The van der Waals surface area contributed by atoms with Gasteiger partial charge in [-0.25, -0.2) is 4.98 Å². The molecule has 0 bridgehead atoms. The van der Waals surface area contributed by atoms with E-state index in [4.69, 9.17) is 16.7 Å². The molecule has 1 aliphatic rings. The number of thioether (sulfide) groups is 1. The monoisotopic (exact) mass is 465 g/mol. The van der Waals surface area contributed by atoms with Crippen LogP contribution in [-0.2, 0) is 0 Å². The van der Waals surface area contributed by atoms with Crippen LogP contribution in [0, 0.1) is 6.92 Å². The van der Waals surface area contributed by atoms with Gasteiger partial charge in [-0.05, 0) is 30.7 Å². The molecule has 0 atom stereocenters. The van der Waals surface area contributed by atoms with E-state index in [0.717, 1.165) is 38.7 Å². The third-order valence-corrected chi connectivity index (χ3v) is 5.52. The van der Waals surface area contributed by atoms with Crippen LogP contribution in [0.4, 0.5) is 13.2 Å². The number of benzene rings is 1. The van der Waals surface area contributed by atoms with Crippen LogP contribution in [0.2, 0.25) is 0 Å². The predicted molar refractivity (Wildman–Crippen MR) is 120 cm³/mol. The molecule has 2 aromatic heterocycles. The van der Waals surface area contributed by atoms with Gasteiger partial charge < -0.3 is 10.1 Å². The zero-order valence-corrected chi connectivity index (χ0v) is 18.0. The van der Waals surface area contributed by atoms with Gasteiger partial charge in [-0.1, -0.05) is 59.3 Å². The fraction of sp³-hybridized carbons (Fsp3) is 0.182. The predicted octanol–water partition coefficient (Wildman–Crippen LogP) is 6.61. The minimum absolute atomic E-state index is 0.648. The van der Waals surface area contributed by atoms with Crippen LogP contribution in [-0.4, -0.2) is 32.9 Å². The lowest BCUT2D eigenvalue weighted by Crippen LogP contribution is -2.12. The molecule has 0 saturated heterocycles. The second-order valence-electron chi connectivity index (χ2n) is 6.61. The summed E-state index contributed by atoms with van der Waals surface area (Å²) < 4.78 is 31.6. The van der Waals surface area contributed by atoms with E-state index in [0.29, 0.717) is 5.03 Å². The van der Waals surface area contributed by atoms with Gasteiger partial charge in [-0.15, -0.1) is 0 Å². The van der Waals surface area contributed by atoms with Crippen molar-refractivity contribution in [1.29, 1.82) is 0 Å². The standard InChI is InChI=1S/C20H16ClN3S.C2H3F3O/c1-13-7-9-14(10-8-13)18-19(16-5-3-11-22-20(16)24-18)25-17-6-2-4-15(21)12-23-17;3-2(4,5)1-6/h2-5,7-12H,6H2,1H3,(H,22,24);6H,1H2. The van der Waals surface area contributed by atoms with Gasteiger partial charge in [0.15, 0.2) is 0 Å². The fourth-order valence-electron chi connectivity index (χ4n) is 2.72. The summed E-state index contributed by atoms with van der Waals surface area (Å²) in [6.07, 6.45) is 3.79. The van der Waals surface area contributed by atoms with Crippen LogP contribution < -0.4 is 0 Å². The molecule has 0 aliphatic carbocycles. The van der Waals surface area contributed by atoms with Crippen LogP contribution in [0.15, 0.2) is 75.9 Å². The van der Waals surface area contributed by atoms with Crippen molar-refractivity contribution in [2.75, 3.05) is 6.61 Å². The second kappa shape index (κ2) is 10.2. The van der Waals surface area contributed by atoms with Gasteiger partial charge in [-0.3, -0.25) is 4.99 Å². The van der Waals surface area contributed by atoms with Crippen molar-refractivity contribution in [3.05, 3.63) is 71.5 Å². The maximum absolute atomic E-state index is 10.5. The Morgan fingerprint density at radius 1 is 1.19 bits per heavy atom. The Labute approximate surface area is 186 Å². The van der Waals surface area contributed by atoms with E-state index in [2.05, 4.69) is 52.2 Å². The first kappa shape index (κ1) is 23.1. The molecule has 9 heteroatoms. The third-order valence-electron chi connectivity index (χ3n) is 4.16. The maximum atomic E-state index is 10.5. The fourth-order valence-corrected chi connectivity index (χ4v) is 3.92. The molecule has 4 nitrogen and oxygen atoms in total. The van der Waals surface area contributed by atoms with Crippen molar-refractivity contribution in [3.8, 4) is 11.3 Å². The van der Waals surface area contributed by atoms with E-state index >= 15 is 0 Å². The third kappa shape index (κ3) is 6.46. The van der Waals surface area contributed by atoms with Crippen LogP contribution in [0.1, 0.15) is 12.0 Å². The summed E-state index contributed by atoms with van der Waals surface area (Å²) in [4.78, 5) is 13.6. The van der Waals surface area contributed by atoms with Gasteiger partial charge >= 0.3 is 6.18 Å². The van der Waals surface area contributed by atoms with Gasteiger partial charge in [0.25, 0.3) is 0 Å². The number of aromatic nitrogens is 2. The highest BCUT2D eigenvalue weighted by molar-refractivity contribution is 8.14. The van der Waals surface area contributed by atoms with Crippen LogP contribution >= 0.6 is 23.4 Å². The molecule has 1 aromatic carbocycles. The van der Waals surface area contributed by atoms with E-state index in [1.54, 1.807) is 24.2 Å². The van der Waals surface area contributed by atoms with Gasteiger partial charge in [0.1, 0.15) is 12.3 Å². The zero-order valence-electron chi connectivity index (χ0n) is 16.4. The highest BCUT2D eigenvalue weighted by atomic mass is 35.5. The Hall–Kier alpha value is -2.55. The van der Waals surface area contributed by atoms with Crippen molar-refractivity contribution >= 4 is 39.4 Å². The Kier molecular flexibility index (Phi) is 7.59. The molecule has 3 aromatic rings. The summed E-state index contributed by atoms with van der Waals surface area (Å²) in [6, 6.07) is 12.6. The minimum atomic E-state index is -4.40. The lowest BCUT2D eigenvalue weighted by atomic mass is 10.1. The van der Waals surface area contributed by atoms with Crippen molar-refractivity contribution in [2.45, 2.75) is 24.4 Å². The first-order valence-corrected chi connectivity index (χ1v) is 10.4. The number of aromatic amines is 1. The number of aliphatic hydroxyl groups is 1. The first-order chi connectivity index (χ1) is 14.8. The number of fused-ring (bicyclic) bond motifs is 1. The number of alkyl halides is 3. The van der Waals surface area contributed by atoms with Gasteiger partial charge in [0.2, 0.25) is 0 Å². The number of aliphatic hydroxyl groups excluding tert-OH is 1. The molecule has 4 rings (SSSR count). The summed E-state index contributed by atoms with van der Waals surface area (Å²) in [5.41, 5.74) is 4.35. The Morgan fingerprint density at radius 2 is 1.90 bits per heavy atom. The number of pyridine rings is 1. The van der Waals surface area contributed by atoms with Gasteiger partial charge in [0, 0.05) is 29.1 Å².